The maximum Gasteiger partial charge on any atom is 0.418 e. The summed E-state index contributed by atoms with van der Waals surface area (Å²) in [5.74, 6) is -0.917. The van der Waals surface area contributed by atoms with E-state index in [1.165, 1.54) is 0 Å². The molecule has 0 radical (unpaired) electrons. The number of halogens is 3. The second kappa shape index (κ2) is 5.54. The van der Waals surface area contributed by atoms with Gasteiger partial charge in [0.1, 0.15) is 11.3 Å². The van der Waals surface area contributed by atoms with E-state index in [1.54, 1.807) is 0 Å². The minimum absolute atomic E-state index is 0.181. The Morgan fingerprint density at radius 2 is 1.96 bits per heavy atom. The first kappa shape index (κ1) is 16.4. The van der Waals surface area contributed by atoms with E-state index in [-0.39, 0.29) is 16.7 Å². The number of aromatic hydroxyl groups is 1. The molecular formula is C14H7F3N4O4. The lowest BCUT2D eigenvalue weighted by Crippen LogP contribution is -2.13. The number of nitrogens with one attached hydrogen (secondary N) is 1. The average Bonchev–Trinajstić information content (AvgIpc) is 2.53. The van der Waals surface area contributed by atoms with Crippen LogP contribution in [0.25, 0.3) is 22.4 Å². The van der Waals surface area contributed by atoms with Crippen LogP contribution in [0.3, 0.4) is 0 Å². The van der Waals surface area contributed by atoms with E-state index in [4.69, 9.17) is 0 Å². The van der Waals surface area contributed by atoms with E-state index in [9.17, 15) is 33.2 Å². The second-order valence-corrected chi connectivity index (χ2v) is 4.90. The van der Waals surface area contributed by atoms with Crippen LogP contribution in [0.4, 0.5) is 18.9 Å². The monoisotopic (exact) mass is 352 g/mol. The molecule has 0 aliphatic rings. The van der Waals surface area contributed by atoms with Crippen molar-refractivity contribution < 1.29 is 23.2 Å². The molecule has 2 N–H and O–H groups in total. The summed E-state index contributed by atoms with van der Waals surface area (Å²) in [5, 5.41) is 20.5. The zero-order valence-electron chi connectivity index (χ0n) is 12.0. The summed E-state index contributed by atoms with van der Waals surface area (Å²) in [6.07, 6.45) is -3.53. The molecule has 11 heteroatoms. The van der Waals surface area contributed by atoms with Gasteiger partial charge >= 0.3 is 17.4 Å². The van der Waals surface area contributed by atoms with Gasteiger partial charge in [0.2, 0.25) is 5.75 Å². The number of aromatic nitrogens is 3. The predicted octanol–water partition coefficient (Wildman–Crippen LogP) is 2.62. The van der Waals surface area contributed by atoms with Gasteiger partial charge in [0.25, 0.3) is 0 Å². The van der Waals surface area contributed by atoms with E-state index in [0.29, 0.717) is 0 Å². The van der Waals surface area contributed by atoms with E-state index in [2.05, 4.69) is 15.0 Å². The first-order valence-electron chi connectivity index (χ1n) is 6.63. The minimum atomic E-state index is -4.68. The number of aromatic amines is 1. The Labute approximate surface area is 135 Å². The maximum atomic E-state index is 13.1. The number of rotatable bonds is 2. The maximum absolute atomic E-state index is 13.1. The fourth-order valence-electron chi connectivity index (χ4n) is 2.29. The van der Waals surface area contributed by atoms with Gasteiger partial charge in [0.05, 0.1) is 21.6 Å². The molecule has 128 valence electrons. The number of hydrogen-bond donors (Lipinski definition) is 2. The molecule has 3 heterocycles. The second-order valence-electron chi connectivity index (χ2n) is 4.90. The molecular weight excluding hydrogens is 345 g/mol. The number of H-pyrrole nitrogens is 1. The highest BCUT2D eigenvalue weighted by molar-refractivity contribution is 5.87. The molecule has 0 saturated carbocycles. The van der Waals surface area contributed by atoms with Gasteiger partial charge in [-0.3, -0.25) is 19.9 Å². The van der Waals surface area contributed by atoms with Crippen LogP contribution >= 0.6 is 0 Å². The van der Waals surface area contributed by atoms with Crippen molar-refractivity contribution in [2.75, 3.05) is 0 Å². The lowest BCUT2D eigenvalue weighted by molar-refractivity contribution is -0.387. The molecule has 3 aromatic rings. The number of nitro groups is 1. The SMILES string of the molecule is O=c1[nH]c2nc(-c3ncccc3C(F)(F)F)ccc2c(O)c1[N+](=O)[O-]. The van der Waals surface area contributed by atoms with Crippen molar-refractivity contribution >= 4 is 16.7 Å². The third kappa shape index (κ3) is 2.75. The third-order valence-electron chi connectivity index (χ3n) is 3.36. The quantitative estimate of drug-likeness (QED) is 0.540. The van der Waals surface area contributed by atoms with Crippen LogP contribution in [0.2, 0.25) is 0 Å². The highest BCUT2D eigenvalue weighted by atomic mass is 19.4. The Kier molecular flexibility index (Phi) is 3.63. The standard InChI is InChI=1S/C14H7F3N4O4/c15-14(16,17)7-2-1-5-18-9(7)8-4-3-6-11(22)10(21(24)25)13(23)20-12(6)19-8/h1-5H,(H2,19,20,22,23). The number of alkyl halides is 3. The lowest BCUT2D eigenvalue weighted by atomic mass is 10.1. The van der Waals surface area contributed by atoms with Gasteiger partial charge in [-0.15, -0.1) is 0 Å². The molecule has 3 rings (SSSR count). The summed E-state index contributed by atoms with van der Waals surface area (Å²) in [6, 6.07) is 4.17. The molecule has 25 heavy (non-hydrogen) atoms. The van der Waals surface area contributed by atoms with E-state index in [0.717, 1.165) is 30.5 Å². The largest absolute Gasteiger partial charge is 0.501 e. The Bertz CT molecular complexity index is 1060. The molecule has 0 aromatic carbocycles. The highest BCUT2D eigenvalue weighted by Crippen LogP contribution is 2.36. The summed E-state index contributed by atoms with van der Waals surface area (Å²) < 4.78 is 39.2. The van der Waals surface area contributed by atoms with Crippen molar-refractivity contribution in [1.29, 1.82) is 0 Å². The Balaban J connectivity index is 2.27. The van der Waals surface area contributed by atoms with Crippen LogP contribution in [0.1, 0.15) is 5.56 Å². The smallest absolute Gasteiger partial charge is 0.418 e. The molecule has 0 aliphatic heterocycles. The van der Waals surface area contributed by atoms with E-state index < -0.39 is 39.4 Å². The van der Waals surface area contributed by atoms with Crippen molar-refractivity contribution in [3.05, 3.63) is 56.5 Å². The summed E-state index contributed by atoms with van der Waals surface area (Å²) >= 11 is 0. The number of hydrogen-bond acceptors (Lipinski definition) is 6. The molecule has 0 spiro atoms. The van der Waals surface area contributed by atoms with Gasteiger partial charge in [-0.2, -0.15) is 13.2 Å². The number of pyridine rings is 3. The summed E-state index contributed by atoms with van der Waals surface area (Å²) in [7, 11) is 0. The van der Waals surface area contributed by atoms with Crippen molar-refractivity contribution in [3.63, 3.8) is 0 Å². The van der Waals surface area contributed by atoms with Crippen LogP contribution in [-0.4, -0.2) is 25.0 Å². The summed E-state index contributed by atoms with van der Waals surface area (Å²) in [4.78, 5) is 31.0. The normalized spacial score (nSPS) is 11.6. The van der Waals surface area contributed by atoms with Gasteiger partial charge < -0.3 is 10.1 Å². The summed E-state index contributed by atoms with van der Waals surface area (Å²) in [6.45, 7) is 0. The first-order chi connectivity index (χ1) is 11.7. The molecule has 0 aliphatic carbocycles. The van der Waals surface area contributed by atoms with Gasteiger partial charge in [-0.1, -0.05) is 0 Å². The predicted molar refractivity (Wildman–Crippen MR) is 78.9 cm³/mol. The van der Waals surface area contributed by atoms with Gasteiger partial charge in [-0.25, -0.2) is 4.98 Å². The molecule has 0 atom stereocenters. The highest BCUT2D eigenvalue weighted by Gasteiger charge is 2.34. The van der Waals surface area contributed by atoms with Crippen molar-refractivity contribution in [2.45, 2.75) is 6.18 Å². The minimum Gasteiger partial charge on any atom is -0.501 e. The molecule has 0 saturated heterocycles. The Morgan fingerprint density at radius 3 is 2.60 bits per heavy atom. The Morgan fingerprint density at radius 1 is 1.24 bits per heavy atom. The number of fused-ring (bicyclic) bond motifs is 1. The molecule has 0 fully saturated rings. The fourth-order valence-corrected chi connectivity index (χ4v) is 2.29. The van der Waals surface area contributed by atoms with E-state index in [1.807, 2.05) is 0 Å². The fraction of sp³-hybridized carbons (Fsp3) is 0.0714. The van der Waals surface area contributed by atoms with Crippen LogP contribution in [0.15, 0.2) is 35.3 Å². The van der Waals surface area contributed by atoms with Crippen LogP contribution in [0.5, 0.6) is 5.75 Å². The average molecular weight is 352 g/mol. The summed E-state index contributed by atoms with van der Waals surface area (Å²) in [5.41, 5.74) is -4.33. The lowest BCUT2D eigenvalue weighted by Gasteiger charge is -2.11. The molecule has 0 bridgehead atoms. The van der Waals surface area contributed by atoms with Gasteiger partial charge in [0.15, 0.2) is 0 Å². The molecule has 3 aromatic heterocycles. The van der Waals surface area contributed by atoms with Crippen molar-refractivity contribution in [1.82, 2.24) is 15.0 Å². The Hall–Kier alpha value is -3.50. The van der Waals surface area contributed by atoms with Gasteiger partial charge in [-0.05, 0) is 24.3 Å². The van der Waals surface area contributed by atoms with Crippen LogP contribution < -0.4 is 5.56 Å². The third-order valence-corrected chi connectivity index (χ3v) is 3.36. The van der Waals surface area contributed by atoms with Crippen molar-refractivity contribution in [2.24, 2.45) is 0 Å². The van der Waals surface area contributed by atoms with Crippen molar-refractivity contribution in [3.8, 4) is 17.1 Å². The molecule has 8 nitrogen and oxygen atoms in total. The van der Waals surface area contributed by atoms with E-state index >= 15 is 0 Å². The first-order valence-corrected chi connectivity index (χ1v) is 6.63. The molecule has 0 unspecified atom stereocenters. The molecule has 0 amide bonds. The van der Waals surface area contributed by atoms with Gasteiger partial charge in [0, 0.05) is 6.20 Å². The van der Waals surface area contributed by atoms with Crippen LogP contribution in [-0.2, 0) is 6.18 Å². The number of nitrogens with zero attached hydrogens (tertiary/aromatic N) is 3. The van der Waals surface area contributed by atoms with Crippen LogP contribution in [0, 0.1) is 10.1 Å². The topological polar surface area (TPSA) is 122 Å². The zero-order valence-corrected chi connectivity index (χ0v) is 12.0. The zero-order chi connectivity index (χ0) is 18.4.